The number of nitrogens with zero attached hydrogens (tertiary/aromatic N) is 1. The molecule has 0 bridgehead atoms. The fourth-order valence-electron chi connectivity index (χ4n) is 1.77. The van der Waals surface area contributed by atoms with Crippen LogP contribution in [0, 0.1) is 0 Å². The number of benzene rings is 1. The Morgan fingerprint density at radius 1 is 1.22 bits per heavy atom. The van der Waals surface area contributed by atoms with Crippen molar-refractivity contribution in [1.29, 1.82) is 0 Å². The van der Waals surface area contributed by atoms with Gasteiger partial charge in [0.2, 0.25) is 0 Å². The van der Waals surface area contributed by atoms with Crippen molar-refractivity contribution in [2.75, 3.05) is 13.1 Å². The van der Waals surface area contributed by atoms with Gasteiger partial charge in [-0.15, -0.1) is 0 Å². The molecule has 1 aromatic rings. The second-order valence-corrected chi connectivity index (χ2v) is 6.56. The highest BCUT2D eigenvalue weighted by Gasteiger charge is 2.21. The van der Waals surface area contributed by atoms with Gasteiger partial charge in [0, 0.05) is 18.1 Å². The molecule has 1 heterocycles. The normalized spacial score (nSPS) is 15.7. The molecule has 2 rings (SSSR count). The number of hydrogen-bond acceptors (Lipinski definition) is 3. The fraction of sp³-hybridized carbons (Fsp3) is 0.364. The summed E-state index contributed by atoms with van der Waals surface area (Å²) in [6.45, 7) is 1.62. The summed E-state index contributed by atoms with van der Waals surface area (Å²) in [4.78, 5) is 2.02. The number of sulfonamides is 1. The summed E-state index contributed by atoms with van der Waals surface area (Å²) in [6.07, 6.45) is 2.09. The summed E-state index contributed by atoms with van der Waals surface area (Å²) < 4.78 is 26.5. The number of rotatable bonds is 2. The molecule has 1 aliphatic rings. The Bertz CT molecular complexity index is 537. The van der Waals surface area contributed by atoms with Crippen molar-refractivity contribution in [3.63, 3.8) is 0 Å². The lowest BCUT2D eigenvalue weighted by atomic mass is 10.4. The molecule has 0 amide bonds. The molecule has 1 saturated heterocycles. The summed E-state index contributed by atoms with van der Waals surface area (Å²) in [7, 11) is -3.61. The van der Waals surface area contributed by atoms with Crippen molar-refractivity contribution in [1.82, 2.24) is 9.62 Å². The van der Waals surface area contributed by atoms with E-state index in [2.05, 4.69) is 4.72 Å². The van der Waals surface area contributed by atoms with Gasteiger partial charge in [-0.25, -0.2) is 8.42 Å². The summed E-state index contributed by atoms with van der Waals surface area (Å²) in [5.41, 5.74) is 0. The van der Waals surface area contributed by atoms with Gasteiger partial charge in [-0.05, 0) is 49.3 Å². The van der Waals surface area contributed by atoms with Crippen molar-refractivity contribution in [3.8, 4) is 0 Å². The monoisotopic (exact) mass is 304 g/mol. The van der Waals surface area contributed by atoms with Gasteiger partial charge in [-0.3, -0.25) is 4.72 Å². The van der Waals surface area contributed by atoms with E-state index in [-0.39, 0.29) is 10.0 Å². The molecule has 0 aliphatic carbocycles. The lowest BCUT2D eigenvalue weighted by Crippen LogP contribution is -2.40. The molecular formula is C11H13ClN2O2S2. The van der Waals surface area contributed by atoms with Crippen molar-refractivity contribution in [2.45, 2.75) is 17.7 Å². The zero-order valence-electron chi connectivity index (χ0n) is 9.60. The first-order valence-corrected chi connectivity index (χ1v) is 7.83. The van der Waals surface area contributed by atoms with Gasteiger partial charge in [0.15, 0.2) is 5.11 Å². The molecule has 7 heteroatoms. The van der Waals surface area contributed by atoms with E-state index in [1.54, 1.807) is 0 Å². The van der Waals surface area contributed by atoms with Crippen molar-refractivity contribution >= 4 is 39.0 Å². The third-order valence-corrected chi connectivity index (χ3v) is 4.84. The second-order valence-electron chi connectivity index (χ2n) is 4.06. The first-order chi connectivity index (χ1) is 8.49. The van der Waals surface area contributed by atoms with E-state index < -0.39 is 10.0 Å². The summed E-state index contributed by atoms with van der Waals surface area (Å²) >= 11 is 10.8. The minimum absolute atomic E-state index is 0.161. The third-order valence-electron chi connectivity index (χ3n) is 2.74. The average molecular weight is 305 g/mol. The molecule has 0 spiro atoms. The van der Waals surface area contributed by atoms with Gasteiger partial charge in [0.1, 0.15) is 0 Å². The Morgan fingerprint density at radius 2 is 1.78 bits per heavy atom. The quantitative estimate of drug-likeness (QED) is 0.849. The molecule has 1 aliphatic heterocycles. The maximum atomic E-state index is 12.0. The fourth-order valence-corrected chi connectivity index (χ4v) is 3.38. The van der Waals surface area contributed by atoms with E-state index in [0.29, 0.717) is 5.02 Å². The van der Waals surface area contributed by atoms with Gasteiger partial charge < -0.3 is 4.90 Å². The minimum Gasteiger partial charge on any atom is -0.348 e. The molecule has 0 atom stereocenters. The average Bonchev–Trinajstić information content (AvgIpc) is 2.82. The number of halogens is 1. The van der Waals surface area contributed by atoms with Gasteiger partial charge in [0.25, 0.3) is 10.0 Å². The topological polar surface area (TPSA) is 49.4 Å². The van der Waals surface area contributed by atoms with Crippen LogP contribution in [0.5, 0.6) is 0 Å². The Kier molecular flexibility index (Phi) is 4.09. The Balaban J connectivity index is 2.11. The standard InChI is InChI=1S/C11H13ClN2O2S2/c12-9-3-5-10(6-4-9)18(15,16)13-11(17)14-7-1-2-8-14/h3-6H,1-2,7-8H2,(H,13,17). The zero-order chi connectivity index (χ0) is 13.2. The minimum atomic E-state index is -3.61. The first-order valence-electron chi connectivity index (χ1n) is 5.56. The van der Waals surface area contributed by atoms with Crippen LogP contribution < -0.4 is 4.72 Å². The van der Waals surface area contributed by atoms with Crippen LogP contribution in [0.2, 0.25) is 5.02 Å². The number of hydrogen-bond donors (Lipinski definition) is 1. The highest BCUT2D eigenvalue weighted by Crippen LogP contribution is 2.15. The molecule has 1 N–H and O–H groups in total. The number of nitrogens with one attached hydrogen (secondary N) is 1. The van der Waals surface area contributed by atoms with E-state index in [9.17, 15) is 8.42 Å². The molecular weight excluding hydrogens is 292 g/mol. The van der Waals surface area contributed by atoms with Gasteiger partial charge in [-0.1, -0.05) is 11.6 Å². The van der Waals surface area contributed by atoms with E-state index in [1.165, 1.54) is 24.3 Å². The lowest BCUT2D eigenvalue weighted by molar-refractivity contribution is 0.514. The van der Waals surface area contributed by atoms with Gasteiger partial charge in [0.05, 0.1) is 4.90 Å². The van der Waals surface area contributed by atoms with Gasteiger partial charge >= 0.3 is 0 Å². The molecule has 0 unspecified atom stereocenters. The molecule has 0 aromatic heterocycles. The van der Waals surface area contributed by atoms with Crippen molar-refractivity contribution in [2.24, 2.45) is 0 Å². The van der Waals surface area contributed by atoms with E-state index in [0.717, 1.165) is 25.9 Å². The molecule has 18 heavy (non-hydrogen) atoms. The van der Waals surface area contributed by atoms with Crippen LogP contribution >= 0.6 is 23.8 Å². The summed E-state index contributed by atoms with van der Waals surface area (Å²) in [6, 6.07) is 5.98. The van der Waals surface area contributed by atoms with E-state index >= 15 is 0 Å². The highest BCUT2D eigenvalue weighted by atomic mass is 35.5. The summed E-state index contributed by atoms with van der Waals surface area (Å²) in [5, 5.41) is 0.763. The largest absolute Gasteiger partial charge is 0.348 e. The van der Waals surface area contributed by atoms with E-state index in [1.807, 2.05) is 4.90 Å². The highest BCUT2D eigenvalue weighted by molar-refractivity contribution is 7.91. The third kappa shape index (κ3) is 3.13. The van der Waals surface area contributed by atoms with Crippen LogP contribution in [0.1, 0.15) is 12.8 Å². The molecule has 0 saturated carbocycles. The Labute approximate surface area is 117 Å². The van der Waals surface area contributed by atoms with E-state index in [4.69, 9.17) is 23.8 Å². The van der Waals surface area contributed by atoms with Gasteiger partial charge in [-0.2, -0.15) is 0 Å². The van der Waals surface area contributed by atoms with Crippen molar-refractivity contribution in [3.05, 3.63) is 29.3 Å². The number of likely N-dealkylation sites (tertiary alicyclic amines) is 1. The van der Waals surface area contributed by atoms with Crippen LogP contribution in [0.25, 0.3) is 0 Å². The maximum absolute atomic E-state index is 12.0. The van der Waals surface area contributed by atoms with Crippen LogP contribution in [-0.4, -0.2) is 31.5 Å². The molecule has 1 fully saturated rings. The van der Waals surface area contributed by atoms with Crippen molar-refractivity contribution < 1.29 is 8.42 Å². The zero-order valence-corrected chi connectivity index (χ0v) is 12.0. The maximum Gasteiger partial charge on any atom is 0.263 e. The molecule has 1 aromatic carbocycles. The SMILES string of the molecule is O=S(=O)(NC(=S)N1CCCC1)c1ccc(Cl)cc1. The Morgan fingerprint density at radius 3 is 2.33 bits per heavy atom. The predicted molar refractivity (Wildman–Crippen MR) is 75.2 cm³/mol. The predicted octanol–water partition coefficient (Wildman–Crippen LogP) is 2.00. The molecule has 98 valence electrons. The molecule has 0 radical (unpaired) electrons. The molecule has 4 nitrogen and oxygen atoms in total. The Hall–Kier alpha value is -0.850. The van der Waals surface area contributed by atoms with Crippen LogP contribution in [-0.2, 0) is 10.0 Å². The van der Waals surface area contributed by atoms with Crippen LogP contribution in [0.15, 0.2) is 29.2 Å². The van der Waals surface area contributed by atoms with Crippen LogP contribution in [0.4, 0.5) is 0 Å². The van der Waals surface area contributed by atoms with Crippen LogP contribution in [0.3, 0.4) is 0 Å². The smallest absolute Gasteiger partial charge is 0.263 e. The second kappa shape index (κ2) is 5.42. The first kappa shape index (κ1) is 13.6. The number of thiocarbonyl (C=S) groups is 1. The summed E-state index contributed by atoms with van der Waals surface area (Å²) in [5.74, 6) is 0. The lowest BCUT2D eigenvalue weighted by Gasteiger charge is -2.19.